The third-order valence-corrected chi connectivity index (χ3v) is 6.04. The number of hydrogen-bond acceptors (Lipinski definition) is 5. The molecule has 0 radical (unpaired) electrons. The molecular formula is C19H21N3O3S. The maximum absolute atomic E-state index is 12.6. The van der Waals surface area contributed by atoms with Crippen molar-refractivity contribution in [1.29, 1.82) is 0 Å². The van der Waals surface area contributed by atoms with Gasteiger partial charge < -0.3 is 15.0 Å². The summed E-state index contributed by atoms with van der Waals surface area (Å²) in [6, 6.07) is 7.42. The van der Waals surface area contributed by atoms with Crippen LogP contribution in [-0.2, 0) is 4.79 Å². The number of aromatic nitrogens is 1. The molecule has 4 rings (SSSR count). The van der Waals surface area contributed by atoms with Crippen molar-refractivity contribution in [3.8, 4) is 5.88 Å². The molecular weight excluding hydrogens is 350 g/mol. The highest BCUT2D eigenvalue weighted by Gasteiger charge is 2.39. The Morgan fingerprint density at radius 3 is 2.88 bits per heavy atom. The van der Waals surface area contributed by atoms with Gasteiger partial charge in [-0.1, -0.05) is 0 Å². The van der Waals surface area contributed by atoms with Crippen LogP contribution in [0.15, 0.2) is 30.5 Å². The standard InChI is InChI=1S/C19H21N3O3S/c1-25-18-13(4-2-10-20-18)21-17(23)16-9-8-15(26-16)14-5-3-11-22(14)19(24)12-6-7-12/h2,4,8-10,12,14H,3,5-7,11H2,1H3,(H,21,23)/t14-/m1/s1. The second-order valence-electron chi connectivity index (χ2n) is 6.68. The fourth-order valence-corrected chi connectivity index (χ4v) is 4.43. The number of carbonyl (C=O) groups is 2. The molecule has 0 bridgehead atoms. The minimum absolute atomic E-state index is 0.113. The van der Waals surface area contributed by atoms with Crippen molar-refractivity contribution in [3.63, 3.8) is 0 Å². The molecule has 2 aromatic rings. The summed E-state index contributed by atoms with van der Waals surface area (Å²) in [5.74, 6) is 0.712. The van der Waals surface area contributed by atoms with Gasteiger partial charge >= 0.3 is 0 Å². The second-order valence-corrected chi connectivity index (χ2v) is 7.80. The van der Waals surface area contributed by atoms with E-state index in [4.69, 9.17) is 4.74 Å². The van der Waals surface area contributed by atoms with Crippen molar-refractivity contribution in [2.75, 3.05) is 19.0 Å². The highest BCUT2D eigenvalue weighted by atomic mass is 32.1. The number of methoxy groups -OCH3 is 1. The number of thiophene rings is 1. The number of ether oxygens (including phenoxy) is 1. The monoisotopic (exact) mass is 371 g/mol. The van der Waals surface area contributed by atoms with Crippen LogP contribution >= 0.6 is 11.3 Å². The fraction of sp³-hybridized carbons (Fsp3) is 0.421. The molecule has 1 aliphatic carbocycles. The minimum Gasteiger partial charge on any atom is -0.480 e. The zero-order valence-electron chi connectivity index (χ0n) is 14.6. The van der Waals surface area contributed by atoms with Gasteiger partial charge in [0.2, 0.25) is 11.8 Å². The molecule has 2 aromatic heterocycles. The molecule has 0 aromatic carbocycles. The highest BCUT2D eigenvalue weighted by Crippen LogP contribution is 2.40. The maximum Gasteiger partial charge on any atom is 0.265 e. The molecule has 2 fully saturated rings. The number of anilines is 1. The largest absolute Gasteiger partial charge is 0.480 e. The molecule has 6 nitrogen and oxygen atoms in total. The van der Waals surface area contributed by atoms with E-state index in [0.29, 0.717) is 16.4 Å². The Balaban J connectivity index is 1.48. The first-order valence-corrected chi connectivity index (χ1v) is 9.69. The lowest BCUT2D eigenvalue weighted by atomic mass is 10.2. The van der Waals surface area contributed by atoms with E-state index in [1.807, 2.05) is 17.0 Å². The van der Waals surface area contributed by atoms with Gasteiger partial charge in [-0.05, 0) is 49.9 Å². The molecule has 0 spiro atoms. The van der Waals surface area contributed by atoms with E-state index in [1.165, 1.54) is 18.4 Å². The van der Waals surface area contributed by atoms with Gasteiger partial charge in [0, 0.05) is 23.5 Å². The summed E-state index contributed by atoms with van der Waals surface area (Å²) in [6.07, 6.45) is 5.65. The number of nitrogens with zero attached hydrogens (tertiary/aromatic N) is 2. The van der Waals surface area contributed by atoms with Crippen LogP contribution in [0.3, 0.4) is 0 Å². The Bertz CT molecular complexity index is 831. The van der Waals surface area contributed by atoms with Gasteiger partial charge in [-0.2, -0.15) is 0 Å². The summed E-state index contributed by atoms with van der Waals surface area (Å²) < 4.78 is 5.17. The molecule has 1 aliphatic heterocycles. The van der Waals surface area contributed by atoms with E-state index in [1.54, 1.807) is 18.3 Å². The smallest absolute Gasteiger partial charge is 0.265 e. The number of pyridine rings is 1. The van der Waals surface area contributed by atoms with Crippen molar-refractivity contribution < 1.29 is 14.3 Å². The number of rotatable bonds is 5. The van der Waals surface area contributed by atoms with E-state index in [2.05, 4.69) is 10.3 Å². The van der Waals surface area contributed by atoms with Crippen LogP contribution in [0.1, 0.15) is 46.3 Å². The van der Waals surface area contributed by atoms with Gasteiger partial charge in [-0.3, -0.25) is 9.59 Å². The molecule has 2 aliphatic rings. The lowest BCUT2D eigenvalue weighted by Gasteiger charge is -2.23. The summed E-state index contributed by atoms with van der Waals surface area (Å²) >= 11 is 1.46. The molecule has 26 heavy (non-hydrogen) atoms. The van der Waals surface area contributed by atoms with E-state index in [9.17, 15) is 9.59 Å². The fourth-order valence-electron chi connectivity index (χ4n) is 3.38. The summed E-state index contributed by atoms with van der Waals surface area (Å²) in [4.78, 5) is 32.9. The maximum atomic E-state index is 12.6. The molecule has 136 valence electrons. The molecule has 3 heterocycles. The lowest BCUT2D eigenvalue weighted by molar-refractivity contribution is -0.133. The van der Waals surface area contributed by atoms with Gasteiger partial charge in [0.1, 0.15) is 5.69 Å². The third kappa shape index (κ3) is 3.31. The van der Waals surface area contributed by atoms with E-state index in [0.717, 1.165) is 37.1 Å². The lowest BCUT2D eigenvalue weighted by Crippen LogP contribution is -2.31. The molecule has 2 amide bonds. The number of likely N-dealkylation sites (tertiary alicyclic amines) is 1. The topological polar surface area (TPSA) is 71.5 Å². The predicted octanol–water partition coefficient (Wildman–Crippen LogP) is 3.48. The number of carbonyl (C=O) groups excluding carboxylic acids is 2. The van der Waals surface area contributed by atoms with Crippen LogP contribution in [0.25, 0.3) is 0 Å². The zero-order chi connectivity index (χ0) is 18.1. The first-order valence-electron chi connectivity index (χ1n) is 8.88. The third-order valence-electron chi connectivity index (χ3n) is 4.85. The van der Waals surface area contributed by atoms with Gasteiger partial charge in [0.05, 0.1) is 18.0 Å². The number of nitrogens with one attached hydrogen (secondary N) is 1. The quantitative estimate of drug-likeness (QED) is 0.873. The van der Waals surface area contributed by atoms with Crippen LogP contribution in [0, 0.1) is 5.92 Å². The SMILES string of the molecule is COc1ncccc1NC(=O)c1ccc([C@H]2CCCN2C(=O)C2CC2)s1. The minimum atomic E-state index is -0.189. The normalized spacial score (nSPS) is 19.4. The summed E-state index contributed by atoms with van der Waals surface area (Å²) in [7, 11) is 1.52. The number of amides is 2. The van der Waals surface area contributed by atoms with Crippen LogP contribution in [0.4, 0.5) is 5.69 Å². The van der Waals surface area contributed by atoms with Crippen LogP contribution in [0.2, 0.25) is 0 Å². The van der Waals surface area contributed by atoms with Gasteiger partial charge in [0.15, 0.2) is 0 Å². The first kappa shape index (κ1) is 17.0. The Morgan fingerprint density at radius 1 is 1.27 bits per heavy atom. The van der Waals surface area contributed by atoms with E-state index >= 15 is 0 Å². The Labute approximate surface area is 156 Å². The van der Waals surface area contributed by atoms with Crippen LogP contribution < -0.4 is 10.1 Å². The summed E-state index contributed by atoms with van der Waals surface area (Å²) in [5, 5.41) is 2.85. The van der Waals surface area contributed by atoms with E-state index < -0.39 is 0 Å². The second kappa shape index (κ2) is 7.07. The van der Waals surface area contributed by atoms with Crippen molar-refractivity contribution >= 4 is 28.8 Å². The molecule has 1 saturated heterocycles. The van der Waals surface area contributed by atoms with Crippen molar-refractivity contribution in [3.05, 3.63) is 40.2 Å². The molecule has 7 heteroatoms. The van der Waals surface area contributed by atoms with Gasteiger partial charge in [0.25, 0.3) is 5.91 Å². The Hall–Kier alpha value is -2.41. The highest BCUT2D eigenvalue weighted by molar-refractivity contribution is 7.14. The Kier molecular flexibility index (Phi) is 4.63. The molecule has 1 N–H and O–H groups in total. The summed E-state index contributed by atoms with van der Waals surface area (Å²) in [6.45, 7) is 0.826. The van der Waals surface area contributed by atoms with Crippen LogP contribution in [0.5, 0.6) is 5.88 Å². The Morgan fingerprint density at radius 2 is 2.12 bits per heavy atom. The van der Waals surface area contributed by atoms with Crippen molar-refractivity contribution in [2.24, 2.45) is 5.92 Å². The molecule has 1 saturated carbocycles. The summed E-state index contributed by atoms with van der Waals surface area (Å²) in [5.41, 5.74) is 0.543. The van der Waals surface area contributed by atoms with Gasteiger partial charge in [-0.25, -0.2) is 4.98 Å². The van der Waals surface area contributed by atoms with E-state index in [-0.39, 0.29) is 23.8 Å². The zero-order valence-corrected chi connectivity index (χ0v) is 15.4. The molecule has 1 atom stereocenters. The van der Waals surface area contributed by atoms with Gasteiger partial charge in [-0.15, -0.1) is 11.3 Å². The first-order chi connectivity index (χ1) is 12.7. The van der Waals surface area contributed by atoms with Crippen LogP contribution in [-0.4, -0.2) is 35.4 Å². The van der Waals surface area contributed by atoms with Crippen molar-refractivity contribution in [1.82, 2.24) is 9.88 Å². The molecule has 0 unspecified atom stereocenters. The predicted molar refractivity (Wildman–Crippen MR) is 99.5 cm³/mol. The van der Waals surface area contributed by atoms with Crippen molar-refractivity contribution in [2.45, 2.75) is 31.7 Å². The average molecular weight is 371 g/mol. The average Bonchev–Trinajstić information content (AvgIpc) is 3.19. The number of hydrogen-bond donors (Lipinski definition) is 1.